The van der Waals surface area contributed by atoms with E-state index >= 15 is 0 Å². The van der Waals surface area contributed by atoms with Crippen molar-refractivity contribution in [3.8, 4) is 0 Å². The van der Waals surface area contributed by atoms with E-state index in [-0.39, 0.29) is 12.1 Å². The highest BCUT2D eigenvalue weighted by atomic mass is 79.9. The van der Waals surface area contributed by atoms with E-state index in [1.54, 1.807) is 0 Å². The number of carbonyl (C=O) groups is 1. The molecule has 1 fully saturated rings. The summed E-state index contributed by atoms with van der Waals surface area (Å²) in [5.74, 6) is 0. The van der Waals surface area contributed by atoms with Gasteiger partial charge < -0.3 is 15.0 Å². The summed E-state index contributed by atoms with van der Waals surface area (Å²) in [5, 5.41) is 3.86. The molecular weight excluding hydrogens is 272 g/mol. The highest BCUT2D eigenvalue weighted by Gasteiger charge is 2.24. The van der Waals surface area contributed by atoms with Gasteiger partial charge in [0.25, 0.3) is 0 Å². The van der Waals surface area contributed by atoms with E-state index in [2.05, 4.69) is 26.2 Å². The molecule has 0 saturated carbocycles. The summed E-state index contributed by atoms with van der Waals surface area (Å²) in [7, 11) is 0. The van der Waals surface area contributed by atoms with Crippen LogP contribution in [-0.2, 0) is 4.74 Å². The first-order chi connectivity index (χ1) is 7.72. The summed E-state index contributed by atoms with van der Waals surface area (Å²) in [6, 6.07) is 7.97. The fourth-order valence-corrected chi connectivity index (χ4v) is 2.24. The average molecular weight is 281 g/mol. The minimum Gasteiger partial charge on any atom is -0.447 e. The Bertz CT molecular complexity index is 564. The van der Waals surface area contributed by atoms with Gasteiger partial charge in [-0.15, -0.1) is 0 Å². The molecular formula is C11H9BrN2O2. The van der Waals surface area contributed by atoms with Crippen LogP contribution in [0.25, 0.3) is 10.9 Å². The van der Waals surface area contributed by atoms with E-state index < -0.39 is 0 Å². The molecule has 1 aromatic heterocycles. The highest BCUT2D eigenvalue weighted by Crippen LogP contribution is 2.25. The van der Waals surface area contributed by atoms with Crippen molar-refractivity contribution in [3.05, 3.63) is 34.4 Å². The molecule has 2 heterocycles. The molecule has 2 aromatic rings. The first-order valence-electron chi connectivity index (χ1n) is 4.94. The third-order valence-corrected chi connectivity index (χ3v) is 3.15. The minimum atomic E-state index is -0.357. The lowest BCUT2D eigenvalue weighted by Gasteiger charge is -2.02. The molecule has 82 valence electrons. The highest BCUT2D eigenvalue weighted by molar-refractivity contribution is 9.10. The van der Waals surface area contributed by atoms with Crippen molar-refractivity contribution in [1.82, 2.24) is 10.3 Å². The summed E-state index contributed by atoms with van der Waals surface area (Å²) < 4.78 is 5.90. The molecule has 1 aromatic carbocycles. The Morgan fingerprint density at radius 1 is 1.38 bits per heavy atom. The number of amides is 1. The van der Waals surface area contributed by atoms with Gasteiger partial charge in [0, 0.05) is 21.1 Å². The lowest BCUT2D eigenvalue weighted by molar-refractivity contribution is 0.177. The van der Waals surface area contributed by atoms with Gasteiger partial charge in [0.05, 0.1) is 0 Å². The van der Waals surface area contributed by atoms with Gasteiger partial charge in [0.15, 0.2) is 0 Å². The van der Waals surface area contributed by atoms with Crippen molar-refractivity contribution in [2.24, 2.45) is 0 Å². The molecule has 0 spiro atoms. The third kappa shape index (κ3) is 1.57. The quantitative estimate of drug-likeness (QED) is 0.844. The molecule has 2 N–H and O–H groups in total. The van der Waals surface area contributed by atoms with Gasteiger partial charge in [0.2, 0.25) is 0 Å². The molecule has 1 aliphatic heterocycles. The summed E-state index contributed by atoms with van der Waals surface area (Å²) in [4.78, 5) is 14.2. The summed E-state index contributed by atoms with van der Waals surface area (Å²) >= 11 is 3.43. The maximum atomic E-state index is 10.9. The molecule has 4 nitrogen and oxygen atoms in total. The Morgan fingerprint density at radius 3 is 3.00 bits per heavy atom. The SMILES string of the molecule is O=C1NC(c2cc3cc(Br)ccc3[nH]2)CO1. The summed E-state index contributed by atoms with van der Waals surface area (Å²) in [6.07, 6.45) is -0.357. The van der Waals surface area contributed by atoms with Gasteiger partial charge in [-0.3, -0.25) is 0 Å². The number of fused-ring (bicyclic) bond motifs is 1. The maximum absolute atomic E-state index is 10.9. The van der Waals surface area contributed by atoms with Crippen molar-refractivity contribution < 1.29 is 9.53 Å². The number of aromatic nitrogens is 1. The first kappa shape index (κ1) is 9.72. The predicted octanol–water partition coefficient (Wildman–Crippen LogP) is 2.71. The lowest BCUT2D eigenvalue weighted by atomic mass is 10.2. The third-order valence-electron chi connectivity index (χ3n) is 2.65. The van der Waals surface area contributed by atoms with E-state index in [9.17, 15) is 4.79 Å². The van der Waals surface area contributed by atoms with E-state index in [4.69, 9.17) is 4.74 Å². The molecule has 16 heavy (non-hydrogen) atoms. The van der Waals surface area contributed by atoms with Crippen LogP contribution in [0.1, 0.15) is 11.7 Å². The number of halogens is 1. The van der Waals surface area contributed by atoms with Gasteiger partial charge in [0.1, 0.15) is 12.6 Å². The van der Waals surface area contributed by atoms with Crippen LogP contribution in [0.3, 0.4) is 0 Å². The zero-order valence-corrected chi connectivity index (χ0v) is 9.87. The number of aromatic amines is 1. The fourth-order valence-electron chi connectivity index (χ4n) is 1.87. The standard InChI is InChI=1S/C11H9BrN2O2/c12-7-1-2-8-6(3-7)4-9(13-8)10-5-16-11(15)14-10/h1-4,10,13H,5H2,(H,14,15). The monoisotopic (exact) mass is 280 g/mol. The molecule has 3 rings (SSSR count). The predicted molar refractivity (Wildman–Crippen MR) is 63.2 cm³/mol. The molecule has 5 heteroatoms. The van der Waals surface area contributed by atoms with Crippen LogP contribution < -0.4 is 5.32 Å². The van der Waals surface area contributed by atoms with Crippen LogP contribution in [0, 0.1) is 0 Å². The Morgan fingerprint density at radius 2 is 2.25 bits per heavy atom. The summed E-state index contributed by atoms with van der Waals surface area (Å²) in [5.41, 5.74) is 2.03. The van der Waals surface area contributed by atoms with Gasteiger partial charge in [-0.1, -0.05) is 15.9 Å². The van der Waals surface area contributed by atoms with Crippen molar-refractivity contribution >= 4 is 32.9 Å². The zero-order valence-electron chi connectivity index (χ0n) is 8.29. The van der Waals surface area contributed by atoms with Crippen LogP contribution in [0.15, 0.2) is 28.7 Å². The second kappa shape index (κ2) is 3.52. The number of carbonyl (C=O) groups excluding carboxylic acids is 1. The molecule has 1 saturated heterocycles. The molecule has 0 radical (unpaired) electrons. The normalized spacial score (nSPS) is 19.8. The molecule has 0 aliphatic carbocycles. The number of benzene rings is 1. The van der Waals surface area contributed by atoms with Crippen molar-refractivity contribution in [2.75, 3.05) is 6.61 Å². The number of hydrogen-bond donors (Lipinski definition) is 2. The summed E-state index contributed by atoms with van der Waals surface area (Å²) in [6.45, 7) is 0.382. The Labute approximate surface area is 100 Å². The molecule has 1 atom stereocenters. The van der Waals surface area contributed by atoms with Crippen molar-refractivity contribution in [1.29, 1.82) is 0 Å². The van der Waals surface area contributed by atoms with Crippen molar-refractivity contribution in [2.45, 2.75) is 6.04 Å². The van der Waals surface area contributed by atoms with Crippen molar-refractivity contribution in [3.63, 3.8) is 0 Å². The fraction of sp³-hybridized carbons (Fsp3) is 0.182. The molecule has 1 aliphatic rings. The molecule has 1 unspecified atom stereocenters. The van der Waals surface area contributed by atoms with Crippen LogP contribution in [0.5, 0.6) is 0 Å². The number of cyclic esters (lactones) is 1. The van der Waals surface area contributed by atoms with Gasteiger partial charge in [-0.2, -0.15) is 0 Å². The number of H-pyrrole nitrogens is 1. The second-order valence-electron chi connectivity index (χ2n) is 3.75. The lowest BCUT2D eigenvalue weighted by Crippen LogP contribution is -2.18. The zero-order chi connectivity index (χ0) is 11.1. The van der Waals surface area contributed by atoms with E-state index in [0.29, 0.717) is 6.61 Å². The van der Waals surface area contributed by atoms with Gasteiger partial charge in [-0.25, -0.2) is 4.79 Å². The van der Waals surface area contributed by atoms with Gasteiger partial charge in [-0.05, 0) is 24.3 Å². The van der Waals surface area contributed by atoms with Gasteiger partial charge >= 0.3 is 6.09 Å². The topological polar surface area (TPSA) is 54.1 Å². The van der Waals surface area contributed by atoms with E-state index in [1.807, 2.05) is 24.3 Å². The van der Waals surface area contributed by atoms with Crippen LogP contribution >= 0.6 is 15.9 Å². The largest absolute Gasteiger partial charge is 0.447 e. The maximum Gasteiger partial charge on any atom is 0.407 e. The number of nitrogens with one attached hydrogen (secondary N) is 2. The Hall–Kier alpha value is -1.49. The average Bonchev–Trinajstić information content (AvgIpc) is 2.83. The van der Waals surface area contributed by atoms with E-state index in [1.165, 1.54) is 0 Å². The van der Waals surface area contributed by atoms with Crippen LogP contribution in [-0.4, -0.2) is 17.7 Å². The smallest absolute Gasteiger partial charge is 0.407 e. The first-order valence-corrected chi connectivity index (χ1v) is 5.73. The number of rotatable bonds is 1. The minimum absolute atomic E-state index is 0.0707. The van der Waals surface area contributed by atoms with Crippen LogP contribution in [0.2, 0.25) is 0 Å². The number of ether oxygens (including phenoxy) is 1. The molecule has 1 amide bonds. The Kier molecular flexibility index (Phi) is 2.14. The van der Waals surface area contributed by atoms with E-state index in [0.717, 1.165) is 21.1 Å². The Balaban J connectivity index is 2.02. The van der Waals surface area contributed by atoms with Crippen LogP contribution in [0.4, 0.5) is 4.79 Å². The molecule has 0 bridgehead atoms. The number of hydrogen-bond acceptors (Lipinski definition) is 2. The number of alkyl carbamates (subject to hydrolysis) is 1. The second-order valence-corrected chi connectivity index (χ2v) is 4.67.